The van der Waals surface area contributed by atoms with E-state index in [-0.39, 0.29) is 6.61 Å². The minimum atomic E-state index is -0.0970. The molecule has 4 N–H and O–H groups in total. The first-order valence-electron chi connectivity index (χ1n) is 8.34. The third-order valence-electron chi connectivity index (χ3n) is 4.59. The van der Waals surface area contributed by atoms with Gasteiger partial charge in [0.1, 0.15) is 0 Å². The van der Waals surface area contributed by atoms with Gasteiger partial charge in [0.15, 0.2) is 5.82 Å². The molecule has 0 aliphatic heterocycles. The molecule has 0 spiro atoms. The summed E-state index contributed by atoms with van der Waals surface area (Å²) >= 11 is 0. The van der Waals surface area contributed by atoms with Gasteiger partial charge in [0.05, 0.1) is 41.8 Å². The number of anilines is 1. The van der Waals surface area contributed by atoms with E-state index in [9.17, 15) is 5.11 Å². The smallest absolute Gasteiger partial charge is 0.155 e. The van der Waals surface area contributed by atoms with E-state index in [1.165, 1.54) is 0 Å². The second kappa shape index (κ2) is 6.61. The summed E-state index contributed by atoms with van der Waals surface area (Å²) in [5.74, 6) is 1.24. The maximum atomic E-state index is 9.86. The van der Waals surface area contributed by atoms with E-state index in [1.807, 2.05) is 24.3 Å². The Bertz CT molecular complexity index is 1020. The number of allylic oxidation sites excluding steroid dienone is 2. The van der Waals surface area contributed by atoms with Gasteiger partial charge in [0.2, 0.25) is 0 Å². The molecular weight excluding hydrogens is 330 g/mol. The molecule has 3 heterocycles. The van der Waals surface area contributed by atoms with Crippen LogP contribution in [0.3, 0.4) is 0 Å². The maximum Gasteiger partial charge on any atom is 0.155 e. The molecule has 4 rings (SSSR count). The fourth-order valence-electron chi connectivity index (χ4n) is 3.28. The van der Waals surface area contributed by atoms with E-state index in [2.05, 4.69) is 15.2 Å². The number of hydrogen-bond acceptors (Lipinski definition) is 6. The topological polar surface area (TPSA) is 110 Å². The summed E-state index contributed by atoms with van der Waals surface area (Å²) < 4.78 is 5.34. The van der Waals surface area contributed by atoms with Crippen molar-refractivity contribution in [2.75, 3.05) is 19.5 Å². The summed E-state index contributed by atoms with van der Waals surface area (Å²) in [5.41, 5.74) is 11.0. The van der Waals surface area contributed by atoms with Gasteiger partial charge in [0.25, 0.3) is 0 Å². The number of methoxy groups -OCH3 is 1. The molecule has 1 aliphatic rings. The molecule has 7 nitrogen and oxygen atoms in total. The van der Waals surface area contributed by atoms with Crippen molar-refractivity contribution in [2.24, 2.45) is 0 Å². The van der Waals surface area contributed by atoms with Crippen molar-refractivity contribution in [3.05, 3.63) is 53.7 Å². The predicted molar refractivity (Wildman–Crippen MR) is 99.9 cm³/mol. The Morgan fingerprint density at radius 2 is 2.23 bits per heavy atom. The fourth-order valence-corrected chi connectivity index (χ4v) is 3.28. The van der Waals surface area contributed by atoms with Crippen LogP contribution in [0.4, 0.5) is 5.82 Å². The van der Waals surface area contributed by atoms with Gasteiger partial charge in [-0.15, -0.1) is 0 Å². The number of hydrogen-bond donors (Lipinski definition) is 3. The Morgan fingerprint density at radius 1 is 1.35 bits per heavy atom. The monoisotopic (exact) mass is 349 g/mol. The zero-order valence-electron chi connectivity index (χ0n) is 14.4. The van der Waals surface area contributed by atoms with Crippen LogP contribution in [-0.2, 0) is 4.74 Å². The first-order chi connectivity index (χ1) is 12.7. The third kappa shape index (κ3) is 2.72. The molecule has 0 atom stereocenters. The van der Waals surface area contributed by atoms with Crippen LogP contribution in [0.2, 0.25) is 0 Å². The molecule has 0 unspecified atom stereocenters. The van der Waals surface area contributed by atoms with Gasteiger partial charge in [-0.1, -0.05) is 0 Å². The van der Waals surface area contributed by atoms with Gasteiger partial charge in [-0.05, 0) is 41.8 Å². The maximum absolute atomic E-state index is 9.86. The van der Waals surface area contributed by atoms with E-state index in [4.69, 9.17) is 15.5 Å². The van der Waals surface area contributed by atoms with Crippen LogP contribution in [0.5, 0.6) is 0 Å². The van der Waals surface area contributed by atoms with Crippen molar-refractivity contribution in [2.45, 2.75) is 12.8 Å². The lowest BCUT2D eigenvalue weighted by Gasteiger charge is -2.19. The van der Waals surface area contributed by atoms with Gasteiger partial charge in [-0.3, -0.25) is 10.1 Å². The van der Waals surface area contributed by atoms with Crippen LogP contribution in [-0.4, -0.2) is 39.0 Å². The average molecular weight is 349 g/mol. The van der Waals surface area contributed by atoms with E-state index in [0.717, 1.165) is 51.2 Å². The zero-order valence-corrected chi connectivity index (χ0v) is 14.4. The second-order valence-electron chi connectivity index (χ2n) is 6.11. The van der Waals surface area contributed by atoms with Crippen molar-refractivity contribution in [3.8, 4) is 11.3 Å². The molecule has 1 aliphatic carbocycles. The highest BCUT2D eigenvalue weighted by molar-refractivity contribution is 5.99. The van der Waals surface area contributed by atoms with Crippen molar-refractivity contribution < 1.29 is 9.84 Å². The molecule has 0 fully saturated rings. The number of nitrogens with one attached hydrogen (secondary N) is 1. The number of nitrogen functional groups attached to an aromatic ring is 1. The van der Waals surface area contributed by atoms with Crippen LogP contribution in [0.1, 0.15) is 18.5 Å². The number of aliphatic hydroxyl groups excluding tert-OH is 1. The molecule has 0 bridgehead atoms. The van der Waals surface area contributed by atoms with Gasteiger partial charge < -0.3 is 15.6 Å². The minimum Gasteiger partial charge on any atom is -0.501 e. The lowest BCUT2D eigenvalue weighted by Crippen LogP contribution is -2.06. The number of nitrogens with zero attached hydrogens (tertiary/aromatic N) is 3. The number of ether oxygens (including phenoxy) is 1. The Morgan fingerprint density at radius 3 is 2.96 bits per heavy atom. The number of rotatable bonds is 4. The predicted octanol–water partition coefficient (Wildman–Crippen LogP) is 2.67. The molecule has 3 aromatic heterocycles. The van der Waals surface area contributed by atoms with Gasteiger partial charge in [-0.2, -0.15) is 5.10 Å². The van der Waals surface area contributed by atoms with Crippen LogP contribution in [0.25, 0.3) is 27.7 Å². The summed E-state index contributed by atoms with van der Waals surface area (Å²) in [6.45, 7) is -0.0970. The van der Waals surface area contributed by atoms with Crippen molar-refractivity contribution in [1.29, 1.82) is 0 Å². The molecule has 7 heteroatoms. The van der Waals surface area contributed by atoms with Crippen LogP contribution >= 0.6 is 0 Å². The van der Waals surface area contributed by atoms with E-state index >= 15 is 0 Å². The van der Waals surface area contributed by atoms with Crippen LogP contribution in [0.15, 0.2) is 48.0 Å². The molecular formula is C19H19N5O2. The Balaban J connectivity index is 1.98. The first kappa shape index (κ1) is 16.3. The van der Waals surface area contributed by atoms with E-state index in [0.29, 0.717) is 12.2 Å². The van der Waals surface area contributed by atoms with Crippen LogP contribution in [0, 0.1) is 0 Å². The van der Waals surface area contributed by atoms with Gasteiger partial charge in [-0.25, -0.2) is 4.98 Å². The van der Waals surface area contributed by atoms with E-state index in [1.54, 1.807) is 19.5 Å². The van der Waals surface area contributed by atoms with Crippen molar-refractivity contribution in [1.82, 2.24) is 20.2 Å². The molecule has 0 radical (unpaired) electrons. The molecule has 0 saturated carbocycles. The second-order valence-corrected chi connectivity index (χ2v) is 6.11. The standard InChI is InChI=1S/C19H19N5O2/c1-26-13-4-5-14(12(7-13)10-25)18-17-16(23-24-19(17)20)8-15(22-18)11-3-2-6-21-9-11/h2-3,6-9,25H,4-5,10H2,1H3,(H3,20,23,24). The van der Waals surface area contributed by atoms with Crippen LogP contribution < -0.4 is 5.73 Å². The highest BCUT2D eigenvalue weighted by Gasteiger charge is 2.21. The number of nitrogens with two attached hydrogens (primary N) is 1. The minimum absolute atomic E-state index is 0.0970. The lowest BCUT2D eigenvalue weighted by atomic mass is 9.92. The number of aromatic amines is 1. The zero-order chi connectivity index (χ0) is 18.1. The normalized spacial score (nSPS) is 14.6. The molecule has 3 aromatic rings. The van der Waals surface area contributed by atoms with Gasteiger partial charge >= 0.3 is 0 Å². The largest absolute Gasteiger partial charge is 0.501 e. The Hall–Kier alpha value is -3.19. The molecule has 132 valence electrons. The average Bonchev–Trinajstić information content (AvgIpc) is 3.08. The molecule has 0 saturated heterocycles. The number of aromatic nitrogens is 4. The Labute approximate surface area is 150 Å². The summed E-state index contributed by atoms with van der Waals surface area (Å²) in [4.78, 5) is 9.03. The van der Waals surface area contributed by atoms with Crippen molar-refractivity contribution in [3.63, 3.8) is 0 Å². The highest BCUT2D eigenvalue weighted by atomic mass is 16.5. The quantitative estimate of drug-likeness (QED) is 0.668. The fraction of sp³-hybridized carbons (Fsp3) is 0.211. The summed E-state index contributed by atoms with van der Waals surface area (Å²) in [5, 5.41) is 17.7. The SMILES string of the molecule is COC1=CC(CO)=C(c2nc(-c3cccnc3)cc3[nH]nc(N)c23)CC1. The highest BCUT2D eigenvalue weighted by Crippen LogP contribution is 2.37. The molecule has 26 heavy (non-hydrogen) atoms. The summed E-state index contributed by atoms with van der Waals surface area (Å²) in [6, 6.07) is 5.74. The number of fused-ring (bicyclic) bond motifs is 1. The van der Waals surface area contributed by atoms with E-state index < -0.39 is 0 Å². The number of pyridine rings is 2. The lowest BCUT2D eigenvalue weighted by molar-refractivity contribution is 0.273. The summed E-state index contributed by atoms with van der Waals surface area (Å²) in [6.07, 6.45) is 6.82. The number of H-pyrrole nitrogens is 1. The number of aliphatic hydroxyl groups is 1. The third-order valence-corrected chi connectivity index (χ3v) is 4.59. The van der Waals surface area contributed by atoms with Crippen molar-refractivity contribution >= 4 is 22.3 Å². The molecule has 0 amide bonds. The summed E-state index contributed by atoms with van der Waals surface area (Å²) in [7, 11) is 1.64. The molecule has 0 aromatic carbocycles. The first-order valence-corrected chi connectivity index (χ1v) is 8.34. The van der Waals surface area contributed by atoms with Gasteiger partial charge in [0, 0.05) is 24.4 Å². The Kier molecular flexibility index (Phi) is 4.14.